The Kier molecular flexibility index (Phi) is 4.12. The molecule has 0 saturated carbocycles. The fourth-order valence-electron chi connectivity index (χ4n) is 5.79. The van der Waals surface area contributed by atoms with E-state index in [1.165, 1.54) is 42.9 Å². The number of rotatable bonds is 1. The van der Waals surface area contributed by atoms with Crippen LogP contribution in [0.5, 0.6) is 0 Å². The first-order chi connectivity index (χ1) is 16.4. The number of fused-ring (bicyclic) bond motifs is 8. The van der Waals surface area contributed by atoms with Crippen LogP contribution in [0.3, 0.4) is 0 Å². The van der Waals surface area contributed by atoms with Gasteiger partial charge in [-0.05, 0) is 41.0 Å². The van der Waals surface area contributed by atoms with Crippen LogP contribution in [0.4, 0.5) is 0 Å². The van der Waals surface area contributed by atoms with Gasteiger partial charge < -0.3 is 0 Å². The summed E-state index contributed by atoms with van der Waals surface area (Å²) >= 11 is 1.81. The van der Waals surface area contributed by atoms with E-state index in [2.05, 4.69) is 102 Å². The Morgan fingerprint density at radius 3 is 2.24 bits per heavy atom. The van der Waals surface area contributed by atoms with Crippen molar-refractivity contribution in [1.29, 1.82) is 0 Å². The summed E-state index contributed by atoms with van der Waals surface area (Å²) in [4.78, 5) is 12.2. The maximum absolute atomic E-state index is 5.04. The quantitative estimate of drug-likeness (QED) is 0.360. The van der Waals surface area contributed by atoms with E-state index in [-0.39, 0.29) is 6.71 Å². The maximum Gasteiger partial charge on any atom is 0.242 e. The molecule has 2 nitrogen and oxygen atoms in total. The van der Waals surface area contributed by atoms with E-state index in [0.29, 0.717) is 0 Å². The zero-order chi connectivity index (χ0) is 21.8. The Morgan fingerprint density at radius 2 is 1.33 bits per heavy atom. The first-order valence-electron chi connectivity index (χ1n) is 11.2. The van der Waals surface area contributed by atoms with Crippen LogP contribution in [0, 0.1) is 0 Å². The van der Waals surface area contributed by atoms with Crippen molar-refractivity contribution < 1.29 is 0 Å². The van der Waals surface area contributed by atoms with E-state index in [4.69, 9.17) is 4.98 Å². The SMILES string of the molecule is c1ccc(B2c3ccccc3C3(c4ccccc4Sc4cccnc43)c3cnccc32)cc1. The zero-order valence-electron chi connectivity index (χ0n) is 17.8. The van der Waals surface area contributed by atoms with Crippen molar-refractivity contribution in [2.75, 3.05) is 0 Å². The molecule has 7 rings (SSSR count). The molecule has 0 N–H and O–H groups in total. The molecule has 0 fully saturated rings. The van der Waals surface area contributed by atoms with Gasteiger partial charge in [0.05, 0.1) is 11.1 Å². The third-order valence-electron chi connectivity index (χ3n) is 7.02. The molecule has 0 amide bonds. The third kappa shape index (κ3) is 2.53. The lowest BCUT2D eigenvalue weighted by Crippen LogP contribution is -2.62. The van der Waals surface area contributed by atoms with Gasteiger partial charge in [-0.1, -0.05) is 101 Å². The summed E-state index contributed by atoms with van der Waals surface area (Å²) in [5.74, 6) is 0. The van der Waals surface area contributed by atoms with E-state index in [1.807, 2.05) is 30.2 Å². The van der Waals surface area contributed by atoms with Gasteiger partial charge in [-0.25, -0.2) is 0 Å². The normalized spacial score (nSPS) is 17.6. The second kappa shape index (κ2) is 7.19. The van der Waals surface area contributed by atoms with E-state index in [9.17, 15) is 0 Å². The fourth-order valence-corrected chi connectivity index (χ4v) is 6.95. The van der Waals surface area contributed by atoms with Crippen LogP contribution in [0.2, 0.25) is 0 Å². The van der Waals surface area contributed by atoms with E-state index in [0.717, 1.165) is 5.69 Å². The number of hydrogen-bond donors (Lipinski definition) is 0. The Bertz CT molecular complexity index is 1420. The van der Waals surface area contributed by atoms with E-state index >= 15 is 0 Å². The van der Waals surface area contributed by atoms with Gasteiger partial charge in [0.1, 0.15) is 0 Å². The Balaban J connectivity index is 1.67. The van der Waals surface area contributed by atoms with Crippen molar-refractivity contribution in [3.8, 4) is 0 Å². The van der Waals surface area contributed by atoms with Gasteiger partial charge in [0, 0.05) is 28.4 Å². The first kappa shape index (κ1) is 18.9. The summed E-state index contributed by atoms with van der Waals surface area (Å²) in [6, 6.07) is 35.0. The molecule has 0 bridgehead atoms. The minimum Gasteiger partial charge on any atom is -0.264 e. The summed E-state index contributed by atoms with van der Waals surface area (Å²) in [7, 11) is 0. The highest BCUT2D eigenvalue weighted by Gasteiger charge is 2.52. The molecule has 33 heavy (non-hydrogen) atoms. The predicted molar refractivity (Wildman–Crippen MR) is 136 cm³/mol. The molecule has 4 heteroatoms. The Labute approximate surface area is 197 Å². The summed E-state index contributed by atoms with van der Waals surface area (Å²) in [5.41, 5.74) is 8.35. The largest absolute Gasteiger partial charge is 0.264 e. The highest BCUT2D eigenvalue weighted by atomic mass is 32.2. The molecule has 2 aromatic heterocycles. The fraction of sp³-hybridized carbons (Fsp3) is 0.0345. The van der Waals surface area contributed by atoms with Crippen LogP contribution in [0.15, 0.2) is 125 Å². The smallest absolute Gasteiger partial charge is 0.242 e. The van der Waals surface area contributed by atoms with Crippen LogP contribution in [0.1, 0.15) is 22.4 Å². The first-order valence-corrected chi connectivity index (χ1v) is 12.0. The minimum atomic E-state index is -0.496. The summed E-state index contributed by atoms with van der Waals surface area (Å²) < 4.78 is 0. The minimum absolute atomic E-state index is 0.153. The van der Waals surface area contributed by atoms with Gasteiger partial charge in [0.15, 0.2) is 0 Å². The average molecular weight is 438 g/mol. The van der Waals surface area contributed by atoms with Gasteiger partial charge in [0.25, 0.3) is 0 Å². The lowest BCUT2D eigenvalue weighted by atomic mass is 9.31. The number of pyridine rings is 2. The van der Waals surface area contributed by atoms with Crippen molar-refractivity contribution in [2.45, 2.75) is 15.2 Å². The molecule has 3 aromatic carbocycles. The summed E-state index contributed by atoms with van der Waals surface area (Å²) in [6.07, 6.45) is 5.93. The number of aromatic nitrogens is 2. The van der Waals surface area contributed by atoms with Crippen LogP contribution < -0.4 is 16.4 Å². The van der Waals surface area contributed by atoms with Gasteiger partial charge in [-0.3, -0.25) is 9.97 Å². The molecule has 2 aliphatic rings. The second-order valence-electron chi connectivity index (χ2n) is 8.59. The van der Waals surface area contributed by atoms with Crippen molar-refractivity contribution in [2.24, 2.45) is 0 Å². The number of benzene rings is 3. The van der Waals surface area contributed by atoms with Crippen molar-refractivity contribution in [3.05, 3.63) is 138 Å². The van der Waals surface area contributed by atoms with Crippen LogP contribution >= 0.6 is 11.8 Å². The molecule has 4 heterocycles. The molecular formula is C29H19BN2S. The van der Waals surface area contributed by atoms with Crippen molar-refractivity contribution in [1.82, 2.24) is 9.97 Å². The Hall–Kier alpha value is -3.63. The second-order valence-corrected chi connectivity index (χ2v) is 9.68. The van der Waals surface area contributed by atoms with Gasteiger partial charge in [0.2, 0.25) is 6.71 Å². The van der Waals surface area contributed by atoms with E-state index < -0.39 is 5.41 Å². The third-order valence-corrected chi connectivity index (χ3v) is 8.14. The lowest BCUT2D eigenvalue weighted by Gasteiger charge is -2.46. The monoisotopic (exact) mass is 438 g/mol. The highest BCUT2D eigenvalue weighted by molar-refractivity contribution is 7.99. The Morgan fingerprint density at radius 1 is 0.606 bits per heavy atom. The molecular weight excluding hydrogens is 419 g/mol. The molecule has 0 aliphatic carbocycles. The topological polar surface area (TPSA) is 25.8 Å². The molecule has 0 radical (unpaired) electrons. The van der Waals surface area contributed by atoms with Crippen LogP contribution in [-0.2, 0) is 5.41 Å². The molecule has 1 atom stereocenters. The molecule has 5 aromatic rings. The van der Waals surface area contributed by atoms with Crippen LogP contribution in [0.25, 0.3) is 0 Å². The maximum atomic E-state index is 5.04. The predicted octanol–water partition coefficient (Wildman–Crippen LogP) is 4.15. The average Bonchev–Trinajstić information content (AvgIpc) is 2.89. The number of nitrogens with zero attached hydrogens (tertiary/aromatic N) is 2. The standard InChI is InChI=1S/C29H19BN2S/c1-2-9-20(10-3-1)30-24-13-6-4-11-21(24)29(23-19-31-18-16-25(23)30)22-12-5-7-14-26(22)33-27-15-8-17-32-28(27)29/h1-19H. The number of hydrogen-bond acceptors (Lipinski definition) is 3. The summed E-state index contributed by atoms with van der Waals surface area (Å²) in [6.45, 7) is 0.153. The van der Waals surface area contributed by atoms with Crippen LogP contribution in [-0.4, -0.2) is 16.7 Å². The van der Waals surface area contributed by atoms with Crippen molar-refractivity contribution in [3.63, 3.8) is 0 Å². The van der Waals surface area contributed by atoms with Gasteiger partial charge in [-0.15, -0.1) is 0 Å². The van der Waals surface area contributed by atoms with Crippen molar-refractivity contribution >= 4 is 34.9 Å². The van der Waals surface area contributed by atoms with E-state index in [1.54, 1.807) is 0 Å². The summed E-state index contributed by atoms with van der Waals surface area (Å²) in [5, 5.41) is 0. The molecule has 1 unspecified atom stereocenters. The molecule has 1 spiro atoms. The van der Waals surface area contributed by atoms with Gasteiger partial charge >= 0.3 is 0 Å². The molecule has 0 saturated heterocycles. The highest BCUT2D eigenvalue weighted by Crippen LogP contribution is 2.54. The lowest BCUT2D eigenvalue weighted by molar-refractivity contribution is 0.673. The molecule has 2 aliphatic heterocycles. The van der Waals surface area contributed by atoms with Gasteiger partial charge in [-0.2, -0.15) is 0 Å². The zero-order valence-corrected chi connectivity index (χ0v) is 18.7. The molecule has 154 valence electrons.